The van der Waals surface area contributed by atoms with Crippen LogP contribution >= 0.6 is 15.9 Å². The molecule has 0 spiro atoms. The van der Waals surface area contributed by atoms with E-state index < -0.39 is 0 Å². The molecule has 7 heteroatoms. The lowest BCUT2D eigenvalue weighted by Crippen LogP contribution is -2.07. The Morgan fingerprint density at radius 2 is 2.11 bits per heavy atom. The summed E-state index contributed by atoms with van der Waals surface area (Å²) >= 11 is 3.46. The predicted molar refractivity (Wildman–Crippen MR) is 66.4 cm³/mol. The lowest BCUT2D eigenvalue weighted by molar-refractivity contribution is 0.658. The second kappa shape index (κ2) is 4.63. The number of halogens is 1. The van der Waals surface area contributed by atoms with Gasteiger partial charge in [-0.15, -0.1) is 0 Å². The second-order valence-corrected chi connectivity index (χ2v) is 4.56. The standard InChI is InChI=1S/C11H9BrN6/c1-7-11(12)10(17(2)16-7)5-18-6-15-8(3-13)9(18)4-14/h6H,5H2,1-2H3. The Kier molecular flexibility index (Phi) is 3.17. The van der Waals surface area contributed by atoms with E-state index in [0.29, 0.717) is 6.54 Å². The minimum absolute atomic E-state index is 0.146. The molecule has 0 aromatic carbocycles. The van der Waals surface area contributed by atoms with Crippen molar-refractivity contribution in [1.82, 2.24) is 19.3 Å². The van der Waals surface area contributed by atoms with Crippen LogP contribution in [0.15, 0.2) is 10.8 Å². The fraction of sp³-hybridized carbons (Fsp3) is 0.273. The lowest BCUT2D eigenvalue weighted by Gasteiger charge is -2.05. The van der Waals surface area contributed by atoms with Gasteiger partial charge in [0.25, 0.3) is 0 Å². The largest absolute Gasteiger partial charge is 0.315 e. The molecule has 0 N–H and O–H groups in total. The zero-order valence-corrected chi connectivity index (χ0v) is 11.4. The maximum Gasteiger partial charge on any atom is 0.176 e. The maximum absolute atomic E-state index is 9.05. The Balaban J connectivity index is 2.45. The number of hydrogen-bond acceptors (Lipinski definition) is 4. The third-order valence-corrected chi connectivity index (χ3v) is 3.66. The van der Waals surface area contributed by atoms with Gasteiger partial charge in [0.05, 0.1) is 28.7 Å². The van der Waals surface area contributed by atoms with Crippen LogP contribution < -0.4 is 0 Å². The Morgan fingerprint density at radius 1 is 1.39 bits per heavy atom. The number of aryl methyl sites for hydroxylation is 2. The van der Waals surface area contributed by atoms with E-state index in [9.17, 15) is 0 Å². The number of imidazole rings is 1. The van der Waals surface area contributed by atoms with E-state index >= 15 is 0 Å². The van der Waals surface area contributed by atoms with Crippen LogP contribution in [0, 0.1) is 29.6 Å². The first-order valence-electron chi connectivity index (χ1n) is 5.11. The van der Waals surface area contributed by atoms with Crippen molar-refractivity contribution in [3.63, 3.8) is 0 Å². The van der Waals surface area contributed by atoms with Crippen LogP contribution in [0.5, 0.6) is 0 Å². The highest BCUT2D eigenvalue weighted by molar-refractivity contribution is 9.10. The summed E-state index contributed by atoms with van der Waals surface area (Å²) < 4.78 is 4.29. The van der Waals surface area contributed by atoms with Crippen molar-refractivity contribution in [2.45, 2.75) is 13.5 Å². The van der Waals surface area contributed by atoms with Crippen LogP contribution in [0.3, 0.4) is 0 Å². The first kappa shape index (κ1) is 12.3. The highest BCUT2D eigenvalue weighted by Gasteiger charge is 2.15. The van der Waals surface area contributed by atoms with Crippen LogP contribution in [0.4, 0.5) is 0 Å². The van der Waals surface area contributed by atoms with Crippen LogP contribution in [0.25, 0.3) is 0 Å². The van der Waals surface area contributed by atoms with Crippen LogP contribution in [0.2, 0.25) is 0 Å². The van der Waals surface area contributed by atoms with Gasteiger partial charge in [0.2, 0.25) is 0 Å². The summed E-state index contributed by atoms with van der Waals surface area (Å²) in [6, 6.07) is 3.89. The molecule has 0 atom stereocenters. The Labute approximate surface area is 112 Å². The zero-order valence-electron chi connectivity index (χ0n) is 9.85. The van der Waals surface area contributed by atoms with Crippen molar-refractivity contribution in [2.24, 2.45) is 7.05 Å². The molecule has 0 radical (unpaired) electrons. The molecule has 0 fully saturated rings. The number of nitriles is 2. The fourth-order valence-electron chi connectivity index (χ4n) is 1.71. The molecule has 2 heterocycles. The number of aromatic nitrogens is 4. The molecule has 18 heavy (non-hydrogen) atoms. The molecule has 2 aromatic heterocycles. The van der Waals surface area contributed by atoms with Crippen LogP contribution in [-0.2, 0) is 13.6 Å². The third-order valence-electron chi connectivity index (χ3n) is 2.63. The van der Waals surface area contributed by atoms with Gasteiger partial charge in [-0.05, 0) is 22.9 Å². The molecule has 0 unspecified atom stereocenters. The van der Waals surface area contributed by atoms with E-state index in [1.165, 1.54) is 6.33 Å². The van der Waals surface area contributed by atoms with Crippen molar-refractivity contribution in [1.29, 1.82) is 10.5 Å². The Hall–Kier alpha value is -2.12. The molecule has 6 nitrogen and oxygen atoms in total. The van der Waals surface area contributed by atoms with Crippen molar-refractivity contribution in [3.8, 4) is 12.1 Å². The Morgan fingerprint density at radius 3 is 2.61 bits per heavy atom. The average molecular weight is 305 g/mol. The van der Waals surface area contributed by atoms with Crippen molar-refractivity contribution < 1.29 is 0 Å². The molecule has 2 aromatic rings. The van der Waals surface area contributed by atoms with Gasteiger partial charge in [-0.25, -0.2) is 4.98 Å². The summed E-state index contributed by atoms with van der Waals surface area (Å²) in [5.41, 5.74) is 2.22. The van der Waals surface area contributed by atoms with Gasteiger partial charge in [0, 0.05) is 7.05 Å². The quantitative estimate of drug-likeness (QED) is 0.841. The van der Waals surface area contributed by atoms with E-state index in [-0.39, 0.29) is 11.4 Å². The number of hydrogen-bond donors (Lipinski definition) is 0. The van der Waals surface area contributed by atoms with Crippen LogP contribution in [-0.4, -0.2) is 19.3 Å². The number of rotatable bonds is 2. The molecule has 0 aliphatic carbocycles. The monoisotopic (exact) mass is 304 g/mol. The van der Waals surface area contributed by atoms with Gasteiger partial charge in [-0.2, -0.15) is 15.6 Å². The topological polar surface area (TPSA) is 83.2 Å². The van der Waals surface area contributed by atoms with Gasteiger partial charge in [0.1, 0.15) is 12.1 Å². The van der Waals surface area contributed by atoms with E-state index in [1.807, 2.05) is 26.1 Å². The predicted octanol–water partition coefficient (Wildman–Crippen LogP) is 1.48. The molecule has 90 valence electrons. The summed E-state index contributed by atoms with van der Waals surface area (Å²) in [6.07, 6.45) is 1.49. The molecule has 0 saturated carbocycles. The van der Waals surface area contributed by atoms with Gasteiger partial charge in [0.15, 0.2) is 11.4 Å². The van der Waals surface area contributed by atoms with E-state index in [1.54, 1.807) is 9.25 Å². The second-order valence-electron chi connectivity index (χ2n) is 3.76. The van der Waals surface area contributed by atoms with E-state index in [0.717, 1.165) is 15.9 Å². The smallest absolute Gasteiger partial charge is 0.176 e. The molecule has 0 amide bonds. The van der Waals surface area contributed by atoms with Gasteiger partial charge < -0.3 is 4.57 Å². The van der Waals surface area contributed by atoms with Gasteiger partial charge >= 0.3 is 0 Å². The first-order valence-corrected chi connectivity index (χ1v) is 5.91. The molecular weight excluding hydrogens is 296 g/mol. The summed E-state index contributed by atoms with van der Waals surface area (Å²) in [4.78, 5) is 3.90. The molecule has 2 rings (SSSR count). The van der Waals surface area contributed by atoms with Crippen molar-refractivity contribution >= 4 is 15.9 Å². The van der Waals surface area contributed by atoms with Crippen molar-refractivity contribution in [3.05, 3.63) is 33.6 Å². The molecule has 0 saturated heterocycles. The third kappa shape index (κ3) is 1.89. The maximum atomic E-state index is 9.05. The molecule has 0 aliphatic heterocycles. The lowest BCUT2D eigenvalue weighted by atomic mass is 10.3. The summed E-state index contributed by atoms with van der Waals surface area (Å²) in [6.45, 7) is 2.34. The molecule has 0 aliphatic rings. The van der Waals surface area contributed by atoms with Crippen molar-refractivity contribution in [2.75, 3.05) is 0 Å². The molecular formula is C11H9BrN6. The fourth-order valence-corrected chi connectivity index (χ4v) is 2.18. The average Bonchev–Trinajstić information content (AvgIpc) is 2.85. The summed E-state index contributed by atoms with van der Waals surface area (Å²) in [5.74, 6) is 0. The SMILES string of the molecule is Cc1nn(C)c(Cn2cnc(C#N)c2C#N)c1Br. The van der Waals surface area contributed by atoms with Gasteiger partial charge in [-0.3, -0.25) is 4.68 Å². The van der Waals surface area contributed by atoms with E-state index in [4.69, 9.17) is 10.5 Å². The summed E-state index contributed by atoms with van der Waals surface area (Å²) in [5, 5.41) is 22.2. The molecule has 0 bridgehead atoms. The highest BCUT2D eigenvalue weighted by atomic mass is 79.9. The minimum atomic E-state index is 0.146. The summed E-state index contributed by atoms with van der Waals surface area (Å²) in [7, 11) is 1.83. The van der Waals surface area contributed by atoms with Crippen LogP contribution in [0.1, 0.15) is 22.8 Å². The zero-order chi connectivity index (χ0) is 13.3. The minimum Gasteiger partial charge on any atom is -0.315 e. The van der Waals surface area contributed by atoms with Gasteiger partial charge in [-0.1, -0.05) is 0 Å². The van der Waals surface area contributed by atoms with E-state index in [2.05, 4.69) is 26.0 Å². The number of nitrogens with zero attached hydrogens (tertiary/aromatic N) is 6. The first-order chi connectivity index (χ1) is 8.58. The normalized spacial score (nSPS) is 10.1. The Bertz CT molecular complexity index is 682. The highest BCUT2D eigenvalue weighted by Crippen LogP contribution is 2.21.